The molecule has 3 aromatic carbocycles. The standard InChI is InChI=1S/C22H30N4O3.2C21H28N4O3.CH4/c1-29-18-8-7-17(20(27)12-18)15-25-9-5-6-16(14-25)19-13-21(28)24-22(23-19)26-10-3-2-4-11-26;1-28-18-8-4-6-16(20(18)27)14-24-9-5-7-15(13-24)17-12-19(26)23-21(22-17)25-10-2-3-11-25;1-28-17-7-6-16(19(26)11-17)14-24-8-4-5-15(13-24)18-12-20(27)23-21(22-18)25-9-2-3-10-25;/h7-8,12-13,16,27H,2-6,9-11,14-15H2,1H3,(H,23,24,28);4,6,8,12,15,27H,2-3,5,7,9-11,13-14H2,1H3,(H,22,23,26);6-7,11-12,15,26H,2-5,8-10,13-14H2,1H3,(H,22,23,27);1H4. The molecular formula is C65H90N12O9. The third-order valence-corrected chi connectivity index (χ3v) is 17.6. The van der Waals surface area contributed by atoms with Crippen LogP contribution in [-0.4, -0.2) is 160 Å². The molecule has 9 heterocycles. The van der Waals surface area contributed by atoms with Crippen LogP contribution < -0.4 is 45.6 Å². The van der Waals surface area contributed by atoms with Crippen LogP contribution >= 0.6 is 0 Å². The minimum atomic E-state index is -0.0746. The predicted molar refractivity (Wildman–Crippen MR) is 336 cm³/mol. The maximum atomic E-state index is 12.3. The molecule has 0 amide bonds. The van der Waals surface area contributed by atoms with E-state index < -0.39 is 0 Å². The average molecular weight is 1180 g/mol. The van der Waals surface area contributed by atoms with Gasteiger partial charge in [0.05, 0.1) is 38.4 Å². The van der Waals surface area contributed by atoms with Crippen LogP contribution in [0.3, 0.4) is 0 Å². The van der Waals surface area contributed by atoms with Crippen molar-refractivity contribution in [3.05, 3.63) is 138 Å². The first-order valence-corrected chi connectivity index (χ1v) is 30.7. The van der Waals surface area contributed by atoms with Crippen molar-refractivity contribution in [2.24, 2.45) is 0 Å². The van der Waals surface area contributed by atoms with Gasteiger partial charge in [-0.1, -0.05) is 31.7 Å². The van der Waals surface area contributed by atoms with E-state index in [1.165, 1.54) is 6.42 Å². The second-order valence-corrected chi connectivity index (χ2v) is 23.6. The van der Waals surface area contributed by atoms with Gasteiger partial charge >= 0.3 is 0 Å². The molecule has 6 aliphatic heterocycles. The van der Waals surface area contributed by atoms with Crippen molar-refractivity contribution in [3.8, 4) is 34.5 Å². The Bertz CT molecular complexity index is 3340. The summed E-state index contributed by atoms with van der Waals surface area (Å²) >= 11 is 0. The van der Waals surface area contributed by atoms with Gasteiger partial charge in [-0.25, -0.2) is 15.0 Å². The van der Waals surface area contributed by atoms with Gasteiger partial charge in [-0.05, 0) is 121 Å². The van der Waals surface area contributed by atoms with Crippen molar-refractivity contribution >= 4 is 17.8 Å². The number of phenolic OH excluding ortho intramolecular Hbond substituents is 3. The first-order valence-electron chi connectivity index (χ1n) is 30.7. The molecule has 0 saturated carbocycles. The van der Waals surface area contributed by atoms with Crippen LogP contribution in [0, 0.1) is 0 Å². The molecule has 21 heteroatoms. The van der Waals surface area contributed by atoms with Crippen molar-refractivity contribution < 1.29 is 29.5 Å². The van der Waals surface area contributed by atoms with Crippen molar-refractivity contribution in [3.63, 3.8) is 0 Å². The van der Waals surface area contributed by atoms with Crippen LogP contribution in [0.1, 0.15) is 142 Å². The lowest BCUT2D eigenvalue weighted by Crippen LogP contribution is -2.36. The monoisotopic (exact) mass is 1180 g/mol. The molecule has 3 unspecified atom stereocenters. The lowest BCUT2D eigenvalue weighted by molar-refractivity contribution is 0.196. The van der Waals surface area contributed by atoms with Gasteiger partial charge in [0.2, 0.25) is 17.8 Å². The number of piperidine rings is 4. The van der Waals surface area contributed by atoms with E-state index in [0.29, 0.717) is 48.8 Å². The lowest BCUT2D eigenvalue weighted by Gasteiger charge is -2.33. The molecule has 6 fully saturated rings. The number of benzene rings is 3. The molecule has 0 radical (unpaired) electrons. The van der Waals surface area contributed by atoms with E-state index in [9.17, 15) is 29.7 Å². The van der Waals surface area contributed by atoms with Gasteiger partial charge in [0.1, 0.15) is 23.0 Å². The number of phenols is 3. The van der Waals surface area contributed by atoms with E-state index in [0.717, 1.165) is 195 Å². The van der Waals surface area contributed by atoms with Crippen LogP contribution in [0.25, 0.3) is 0 Å². The molecule has 86 heavy (non-hydrogen) atoms. The van der Waals surface area contributed by atoms with Gasteiger partial charge < -0.3 is 44.2 Å². The minimum absolute atomic E-state index is 0. The molecule has 0 aliphatic carbocycles. The number of hydrogen-bond acceptors (Lipinski definition) is 18. The number of aromatic hydroxyl groups is 3. The number of anilines is 3. The highest BCUT2D eigenvalue weighted by Gasteiger charge is 2.29. The van der Waals surface area contributed by atoms with Gasteiger partial charge in [-0.15, -0.1) is 0 Å². The maximum Gasteiger partial charge on any atom is 0.252 e. The van der Waals surface area contributed by atoms with Gasteiger partial charge in [0, 0.05) is 143 Å². The number of H-pyrrole nitrogens is 3. The number of hydrogen-bond donors (Lipinski definition) is 6. The Hall–Kier alpha value is -7.62. The molecule has 0 bridgehead atoms. The Morgan fingerprint density at radius 2 is 0.802 bits per heavy atom. The van der Waals surface area contributed by atoms with Crippen LogP contribution in [0.5, 0.6) is 34.5 Å². The fourth-order valence-corrected chi connectivity index (χ4v) is 12.9. The molecule has 0 spiro atoms. The van der Waals surface area contributed by atoms with E-state index >= 15 is 0 Å². The quantitative estimate of drug-likeness (QED) is 0.0565. The second-order valence-electron chi connectivity index (χ2n) is 23.6. The topological polar surface area (TPSA) is 245 Å². The molecule has 6 N–H and O–H groups in total. The molecule has 6 aromatic rings. The Morgan fingerprint density at radius 1 is 0.442 bits per heavy atom. The summed E-state index contributed by atoms with van der Waals surface area (Å²) < 4.78 is 15.5. The average Bonchev–Trinajstić information content (AvgIpc) is 3.11. The van der Waals surface area contributed by atoms with Crippen LogP contribution in [-0.2, 0) is 19.6 Å². The zero-order valence-electron chi connectivity index (χ0n) is 49.8. The van der Waals surface area contributed by atoms with Gasteiger partial charge in [0.15, 0.2) is 11.5 Å². The van der Waals surface area contributed by atoms with Crippen LogP contribution in [0.15, 0.2) is 87.2 Å². The van der Waals surface area contributed by atoms with Gasteiger partial charge in [-0.3, -0.25) is 44.0 Å². The predicted octanol–water partition coefficient (Wildman–Crippen LogP) is 8.42. The van der Waals surface area contributed by atoms with Crippen LogP contribution in [0.2, 0.25) is 0 Å². The normalized spacial score (nSPS) is 20.3. The molecule has 3 aromatic heterocycles. The van der Waals surface area contributed by atoms with Crippen molar-refractivity contribution in [2.75, 3.05) is 115 Å². The van der Waals surface area contributed by atoms with E-state index in [4.69, 9.17) is 29.2 Å². The zero-order valence-corrected chi connectivity index (χ0v) is 49.8. The van der Waals surface area contributed by atoms with Crippen molar-refractivity contribution in [1.29, 1.82) is 0 Å². The third-order valence-electron chi connectivity index (χ3n) is 17.6. The molecule has 3 atom stereocenters. The number of aromatic nitrogens is 6. The highest BCUT2D eigenvalue weighted by atomic mass is 16.5. The maximum absolute atomic E-state index is 12.3. The number of ether oxygens (including phenoxy) is 3. The third kappa shape index (κ3) is 16.5. The van der Waals surface area contributed by atoms with Crippen LogP contribution in [0.4, 0.5) is 17.8 Å². The lowest BCUT2D eigenvalue weighted by atomic mass is 9.94. The number of rotatable bonds is 15. The van der Waals surface area contributed by atoms with E-state index in [1.54, 1.807) is 57.7 Å². The van der Waals surface area contributed by atoms with Crippen molar-refractivity contribution in [2.45, 2.75) is 128 Å². The largest absolute Gasteiger partial charge is 0.507 e. The van der Waals surface area contributed by atoms with E-state index in [1.807, 2.05) is 36.4 Å². The smallest absolute Gasteiger partial charge is 0.252 e. The van der Waals surface area contributed by atoms with Crippen molar-refractivity contribution in [1.82, 2.24) is 44.6 Å². The number of likely N-dealkylation sites (tertiary alicyclic amines) is 3. The number of methoxy groups -OCH3 is 3. The number of para-hydroxylation sites is 1. The fraction of sp³-hybridized carbons (Fsp3) is 0.538. The summed E-state index contributed by atoms with van der Waals surface area (Å²) in [5.74, 6) is 5.36. The summed E-state index contributed by atoms with van der Waals surface area (Å²) in [7, 11) is 4.75. The summed E-state index contributed by atoms with van der Waals surface area (Å²) in [6.07, 6.45) is 14.4. The Morgan fingerprint density at radius 3 is 1.15 bits per heavy atom. The number of nitrogens with zero attached hydrogens (tertiary/aromatic N) is 9. The SMILES string of the molecule is C.COc1ccc(CN2CCCC(c3cc(=O)[nH]c(N4CCCC4)n3)C2)c(O)c1.COc1ccc(CN2CCCC(c3cc(=O)[nH]c(N4CCCCC4)n3)C2)c(O)c1.COc1cccc(CN2CCCC(c3cc(=O)[nH]c(N4CCCC4)n3)C2)c1O. The fourth-order valence-electron chi connectivity index (χ4n) is 12.9. The summed E-state index contributed by atoms with van der Waals surface area (Å²) in [5.41, 5.74) is 5.07. The molecule has 6 aliphatic rings. The highest BCUT2D eigenvalue weighted by Crippen LogP contribution is 2.35. The first kappa shape index (κ1) is 62.9. The Kier molecular flexibility index (Phi) is 22.0. The first-order chi connectivity index (χ1) is 41.4. The minimum Gasteiger partial charge on any atom is -0.507 e. The Balaban J connectivity index is 0.000000153. The molecule has 12 rings (SSSR count). The number of aromatic amines is 3. The summed E-state index contributed by atoms with van der Waals surface area (Å²) in [5, 5.41) is 30.9. The molecular weight excluding hydrogens is 1090 g/mol. The van der Waals surface area contributed by atoms with E-state index in [2.05, 4.69) is 44.4 Å². The molecule has 21 nitrogen and oxygen atoms in total. The number of nitrogens with one attached hydrogen (secondary N) is 3. The summed E-state index contributed by atoms with van der Waals surface area (Å²) in [4.78, 5) is 73.4. The highest BCUT2D eigenvalue weighted by molar-refractivity contribution is 5.46. The summed E-state index contributed by atoms with van der Waals surface area (Å²) in [6, 6.07) is 21.4. The summed E-state index contributed by atoms with van der Waals surface area (Å²) in [6.45, 7) is 13.2. The Labute approximate surface area is 505 Å². The molecule has 464 valence electrons. The van der Waals surface area contributed by atoms with Gasteiger partial charge in [-0.2, -0.15) is 0 Å². The zero-order chi connectivity index (χ0) is 59.2. The van der Waals surface area contributed by atoms with E-state index in [-0.39, 0.29) is 59.1 Å². The molecule has 6 saturated heterocycles. The second kappa shape index (κ2) is 30.1. The van der Waals surface area contributed by atoms with Gasteiger partial charge in [0.25, 0.3) is 16.7 Å².